The molecule has 0 radical (unpaired) electrons. The maximum absolute atomic E-state index is 14.1. The van der Waals surface area contributed by atoms with Crippen LogP contribution >= 0.6 is 0 Å². The second-order valence-corrected chi connectivity index (χ2v) is 19.8. The Balaban J connectivity index is 0.979. The molecule has 10 saturated heterocycles. The highest BCUT2D eigenvalue weighted by molar-refractivity contribution is 7.85. The van der Waals surface area contributed by atoms with Gasteiger partial charge in [-0.1, -0.05) is 20.1 Å². The largest absolute Gasteiger partial charge is 0.391 e. The number of carbonyl (C=O) groups excluding carboxylic acids is 1. The number of aliphatic hydroxyl groups is 1. The number of aliphatic hydroxyl groups excluding tert-OH is 1. The van der Waals surface area contributed by atoms with Gasteiger partial charge >= 0.3 is 0 Å². The Morgan fingerprint density at radius 1 is 0.804 bits per heavy atom. The lowest BCUT2D eigenvalue weighted by Gasteiger charge is -2.47. The highest BCUT2D eigenvalue weighted by Crippen LogP contribution is 2.54. The van der Waals surface area contributed by atoms with E-state index >= 15 is 0 Å². The van der Waals surface area contributed by atoms with Crippen molar-refractivity contribution < 1.29 is 65.1 Å². The molecule has 10 aliphatic rings. The van der Waals surface area contributed by atoms with Crippen molar-refractivity contribution in [2.75, 3.05) is 20.0 Å². The predicted octanol–water partition coefficient (Wildman–Crippen LogP) is 3.46. The molecule has 12 bridgehead atoms. The molecular weight excluding hydrogens is 749 g/mol. The predicted molar refractivity (Wildman–Crippen MR) is 198 cm³/mol. The number of carbonyl (C=O) groups is 1. The van der Waals surface area contributed by atoms with E-state index in [1.807, 2.05) is 0 Å². The van der Waals surface area contributed by atoms with Gasteiger partial charge in [-0.15, -0.1) is 0 Å². The van der Waals surface area contributed by atoms with Gasteiger partial charge in [-0.3, -0.25) is 8.98 Å². The summed E-state index contributed by atoms with van der Waals surface area (Å²) in [5, 5.41) is 10.8. The molecule has 314 valence electrons. The van der Waals surface area contributed by atoms with E-state index in [0.29, 0.717) is 25.7 Å². The number of ether oxygens (including phenoxy) is 9. The highest BCUT2D eigenvalue weighted by atomic mass is 32.2. The van der Waals surface area contributed by atoms with E-state index in [2.05, 4.69) is 20.1 Å². The Kier molecular flexibility index (Phi) is 11.2. The van der Waals surface area contributed by atoms with Crippen LogP contribution in [-0.2, 0) is 61.7 Å². The minimum atomic E-state index is -3.75. The van der Waals surface area contributed by atoms with E-state index in [1.165, 1.54) is 0 Å². The number of ketones is 1. The van der Waals surface area contributed by atoms with Gasteiger partial charge in [0.05, 0.1) is 80.0 Å². The summed E-state index contributed by atoms with van der Waals surface area (Å²) in [6.45, 7) is 10.6. The molecule has 1 spiro atoms. The second-order valence-electron chi connectivity index (χ2n) is 18.2. The standard InChI is InChI=1S/C41H60O14S/c1-20-12-25-6-8-29-21(2)13-27(48-29)10-11-41-18-34-37(54-41)38-39(53-34)40(55-41)36-30(52-38)9-7-26(50-36)14-23(42)15-28-32(17-31(49-25)22(20)3)51-33(35(28)46-4)16-24(43)19-47-56(5,44)45/h20,24-40,43H,2-3,6-19H2,1,4-5H3/t20?,24?,25?,26?,27?,28?,29?,30?,31?,32?,33?,34?,35?,36?,37?,38-,39?,40?,41?/m0/s1. The van der Waals surface area contributed by atoms with Crippen LogP contribution in [0.15, 0.2) is 24.3 Å². The van der Waals surface area contributed by atoms with Gasteiger partial charge in [0.2, 0.25) is 0 Å². The average Bonchev–Trinajstić information content (AvgIpc) is 3.82. The summed E-state index contributed by atoms with van der Waals surface area (Å²) in [5.74, 6) is -0.927. The Morgan fingerprint density at radius 3 is 2.34 bits per heavy atom. The van der Waals surface area contributed by atoms with Crippen molar-refractivity contribution in [3.8, 4) is 0 Å². The first-order valence-corrected chi connectivity index (χ1v) is 22.8. The molecule has 0 aromatic rings. The molecule has 0 amide bonds. The van der Waals surface area contributed by atoms with Crippen molar-refractivity contribution in [2.45, 2.75) is 194 Å². The van der Waals surface area contributed by atoms with E-state index in [-0.39, 0.29) is 104 Å². The molecule has 18 unspecified atom stereocenters. The first-order valence-electron chi connectivity index (χ1n) is 21.0. The van der Waals surface area contributed by atoms with Crippen LogP contribution in [0.2, 0.25) is 0 Å². The minimum absolute atomic E-state index is 0.0168. The van der Waals surface area contributed by atoms with Gasteiger partial charge in [-0.2, -0.15) is 8.42 Å². The van der Waals surface area contributed by atoms with Gasteiger partial charge in [0.25, 0.3) is 10.1 Å². The van der Waals surface area contributed by atoms with E-state index in [0.717, 1.165) is 55.9 Å². The number of Topliss-reactive ketones (excluding diaryl/α,β-unsaturated/α-hetero) is 1. The van der Waals surface area contributed by atoms with Crippen molar-refractivity contribution in [3.05, 3.63) is 24.3 Å². The fourth-order valence-electron chi connectivity index (χ4n) is 11.5. The van der Waals surface area contributed by atoms with Crippen LogP contribution in [0.3, 0.4) is 0 Å². The number of hydrogen-bond donors (Lipinski definition) is 1. The monoisotopic (exact) mass is 808 g/mol. The van der Waals surface area contributed by atoms with E-state index < -0.39 is 53.0 Å². The minimum Gasteiger partial charge on any atom is -0.391 e. The molecule has 0 aliphatic carbocycles. The molecule has 10 heterocycles. The Bertz CT molecular complexity index is 1620. The van der Waals surface area contributed by atoms with Gasteiger partial charge < -0.3 is 47.7 Å². The zero-order valence-electron chi connectivity index (χ0n) is 32.9. The fraction of sp³-hybridized carbons (Fsp3) is 0.878. The van der Waals surface area contributed by atoms with Crippen LogP contribution in [0.25, 0.3) is 0 Å². The third-order valence-electron chi connectivity index (χ3n) is 14.2. The summed E-state index contributed by atoms with van der Waals surface area (Å²) in [6, 6.07) is 0. The Morgan fingerprint density at radius 2 is 1.54 bits per heavy atom. The van der Waals surface area contributed by atoms with Gasteiger partial charge in [0.15, 0.2) is 5.79 Å². The molecule has 1 N–H and O–H groups in total. The molecule has 0 aromatic heterocycles. The number of methoxy groups -OCH3 is 1. The van der Waals surface area contributed by atoms with Crippen molar-refractivity contribution >= 4 is 15.9 Å². The molecule has 15 heteroatoms. The topological polar surface area (TPSA) is 164 Å². The summed E-state index contributed by atoms with van der Waals surface area (Å²) >= 11 is 0. The molecule has 10 aliphatic heterocycles. The quantitative estimate of drug-likeness (QED) is 0.307. The number of hydrogen-bond acceptors (Lipinski definition) is 14. The van der Waals surface area contributed by atoms with Gasteiger partial charge in [0, 0.05) is 51.6 Å². The second kappa shape index (κ2) is 15.6. The van der Waals surface area contributed by atoms with Crippen LogP contribution in [0.5, 0.6) is 0 Å². The van der Waals surface area contributed by atoms with E-state index in [4.69, 9.17) is 46.8 Å². The van der Waals surface area contributed by atoms with Gasteiger partial charge in [-0.05, 0) is 62.0 Å². The molecular formula is C41H60O14S. The molecule has 10 fully saturated rings. The van der Waals surface area contributed by atoms with Crippen molar-refractivity contribution in [2.24, 2.45) is 11.8 Å². The van der Waals surface area contributed by atoms with Crippen LogP contribution in [-0.4, -0.2) is 143 Å². The first-order chi connectivity index (χ1) is 26.7. The normalized spacial score (nSPS) is 49.8. The molecule has 0 saturated carbocycles. The smallest absolute Gasteiger partial charge is 0.264 e. The van der Waals surface area contributed by atoms with Crippen molar-refractivity contribution in [3.63, 3.8) is 0 Å². The van der Waals surface area contributed by atoms with Crippen LogP contribution in [0.1, 0.15) is 90.4 Å². The summed E-state index contributed by atoms with van der Waals surface area (Å²) in [5.41, 5.74) is 2.10. The lowest BCUT2D eigenvalue weighted by atomic mass is 9.81. The lowest BCUT2D eigenvalue weighted by molar-refractivity contribution is -0.292. The summed E-state index contributed by atoms with van der Waals surface area (Å²) in [4.78, 5) is 14.1. The third-order valence-corrected chi connectivity index (χ3v) is 14.7. The highest BCUT2D eigenvalue weighted by Gasteiger charge is 2.68. The summed E-state index contributed by atoms with van der Waals surface area (Å²) in [6.07, 6.45) is 3.43. The molecule has 14 nitrogen and oxygen atoms in total. The van der Waals surface area contributed by atoms with Gasteiger partial charge in [0.1, 0.15) is 36.3 Å². The van der Waals surface area contributed by atoms with Crippen LogP contribution in [0.4, 0.5) is 0 Å². The number of fused-ring (bicyclic) bond motifs is 6. The number of rotatable bonds is 6. The molecule has 10 rings (SSSR count). The van der Waals surface area contributed by atoms with Crippen LogP contribution in [0, 0.1) is 11.8 Å². The SMILES string of the molecule is C=C1CC2CCC34CC5OC6C(O3)C3OC(CCC3O[C@H]6C5O4)CC(=O)CC3C(CC4OC(CCC1O2)CC(C)C4=C)OC(CC(O)COS(C)(=O)=O)C3OC. The average molecular weight is 809 g/mol. The summed E-state index contributed by atoms with van der Waals surface area (Å²) < 4.78 is 88.1. The molecule has 56 heavy (non-hydrogen) atoms. The fourth-order valence-corrected chi connectivity index (χ4v) is 11.9. The van der Waals surface area contributed by atoms with Crippen LogP contribution < -0.4 is 0 Å². The zero-order chi connectivity index (χ0) is 39.1. The van der Waals surface area contributed by atoms with Gasteiger partial charge in [-0.25, -0.2) is 0 Å². The first kappa shape index (κ1) is 40.1. The maximum atomic E-state index is 14.1. The third kappa shape index (κ3) is 7.87. The van der Waals surface area contributed by atoms with Crippen molar-refractivity contribution in [1.29, 1.82) is 0 Å². The van der Waals surface area contributed by atoms with E-state index in [1.54, 1.807) is 7.11 Å². The summed E-state index contributed by atoms with van der Waals surface area (Å²) in [7, 11) is -2.17. The Labute approximate surface area is 330 Å². The van der Waals surface area contributed by atoms with E-state index in [9.17, 15) is 18.3 Å². The van der Waals surface area contributed by atoms with Crippen molar-refractivity contribution in [1.82, 2.24) is 0 Å². The molecule has 19 atom stereocenters. The zero-order valence-corrected chi connectivity index (χ0v) is 33.7. The molecule has 0 aromatic carbocycles. The maximum Gasteiger partial charge on any atom is 0.264 e. The lowest BCUT2D eigenvalue weighted by Crippen LogP contribution is -2.61. The Hall–Kier alpha value is -1.34.